The second kappa shape index (κ2) is 66.1. The van der Waals surface area contributed by atoms with Gasteiger partial charge in [-0.2, -0.15) is 0 Å². The van der Waals surface area contributed by atoms with Crippen LogP contribution in [0.1, 0.15) is 290 Å². The maximum absolute atomic E-state index is 12.9. The van der Waals surface area contributed by atoms with Crippen LogP contribution >= 0.6 is 0 Å². The Bertz CT molecular complexity index is 1680. The van der Waals surface area contributed by atoms with Crippen molar-refractivity contribution in [3.63, 3.8) is 0 Å². The van der Waals surface area contributed by atoms with Gasteiger partial charge in [0.1, 0.15) is 13.2 Å². The van der Waals surface area contributed by atoms with Gasteiger partial charge in [-0.15, -0.1) is 0 Å². The van der Waals surface area contributed by atoms with Gasteiger partial charge in [0.15, 0.2) is 6.10 Å². The zero-order chi connectivity index (χ0) is 57.1. The fourth-order valence-corrected chi connectivity index (χ4v) is 8.85. The summed E-state index contributed by atoms with van der Waals surface area (Å²) in [4.78, 5) is 38.4. The lowest BCUT2D eigenvalue weighted by Gasteiger charge is -2.18. The molecule has 0 radical (unpaired) electrons. The van der Waals surface area contributed by atoms with E-state index in [9.17, 15) is 14.4 Å². The number of rotatable bonds is 58. The Kier molecular flexibility index (Phi) is 62.3. The molecule has 0 heterocycles. The lowest BCUT2D eigenvalue weighted by molar-refractivity contribution is -0.167. The third-order valence-corrected chi connectivity index (χ3v) is 13.6. The van der Waals surface area contributed by atoms with Gasteiger partial charge in [-0.05, 0) is 128 Å². The Hall–Kier alpha value is -4.45. The van der Waals surface area contributed by atoms with Crippen LogP contribution in [0.5, 0.6) is 0 Å². The van der Waals surface area contributed by atoms with Gasteiger partial charge in [0.25, 0.3) is 0 Å². The Morgan fingerprint density at radius 1 is 0.253 bits per heavy atom. The summed E-state index contributed by atoms with van der Waals surface area (Å²) in [5.41, 5.74) is 0. The first-order chi connectivity index (χ1) is 39.0. The first kappa shape index (κ1) is 74.5. The zero-order valence-corrected chi connectivity index (χ0v) is 51.3. The minimum absolute atomic E-state index is 0.0924. The maximum Gasteiger partial charge on any atom is 0.306 e. The average molecular weight is 1090 g/mol. The van der Waals surface area contributed by atoms with Gasteiger partial charge < -0.3 is 14.2 Å². The van der Waals surface area contributed by atoms with Crippen LogP contribution in [0.15, 0.2) is 134 Å². The van der Waals surface area contributed by atoms with E-state index in [-0.39, 0.29) is 31.1 Å². The van der Waals surface area contributed by atoms with Crippen LogP contribution in [0, 0.1) is 0 Å². The molecule has 0 saturated heterocycles. The highest BCUT2D eigenvalue weighted by Gasteiger charge is 2.19. The molecule has 0 aromatic rings. The molecule has 0 aliphatic heterocycles. The van der Waals surface area contributed by atoms with E-state index in [1.54, 1.807) is 0 Å². The van der Waals surface area contributed by atoms with Crippen molar-refractivity contribution in [1.29, 1.82) is 0 Å². The molecule has 0 rings (SSSR count). The summed E-state index contributed by atoms with van der Waals surface area (Å²) in [5.74, 6) is -0.920. The molecular weight excluding hydrogens is 973 g/mol. The van der Waals surface area contributed by atoms with Crippen molar-refractivity contribution >= 4 is 17.9 Å². The summed E-state index contributed by atoms with van der Waals surface area (Å²) in [6, 6.07) is 0. The van der Waals surface area contributed by atoms with Crippen LogP contribution in [0.25, 0.3) is 0 Å². The van der Waals surface area contributed by atoms with Gasteiger partial charge >= 0.3 is 17.9 Å². The number of allylic oxidation sites excluding steroid dienone is 22. The highest BCUT2D eigenvalue weighted by Crippen LogP contribution is 2.16. The summed E-state index contributed by atoms with van der Waals surface area (Å²) in [6.07, 6.45) is 93.2. The molecule has 0 aromatic heterocycles. The molecule has 6 nitrogen and oxygen atoms in total. The summed E-state index contributed by atoms with van der Waals surface area (Å²) < 4.78 is 16.9. The standard InChI is InChI=1S/C73H120O6/c1-4-7-10-13-16-19-22-25-28-30-32-33-34-35-36-37-38-39-41-42-45-48-51-54-57-60-63-66-72(75)78-69-70(68-77-71(74)65-62-59-56-53-50-47-44-27-24-21-18-15-12-9-6-3)79-73(76)67-64-61-58-55-52-49-46-43-40-31-29-26-23-20-17-14-11-8-5-2/h7-12,16-21,25-29,32-33,40,43-44,70H,4-6,13-15,22-24,30-31,34-39,41-42,45-69H2,1-3H3/b10-7-,11-8-,12-9-,19-16-,20-17-,21-18-,28-25-,29-26-,33-32-,43-40-,44-27-. The second-order valence-electron chi connectivity index (χ2n) is 21.2. The highest BCUT2D eigenvalue weighted by atomic mass is 16.6. The van der Waals surface area contributed by atoms with Gasteiger partial charge in [0.2, 0.25) is 0 Å². The third-order valence-electron chi connectivity index (χ3n) is 13.6. The van der Waals surface area contributed by atoms with Crippen molar-refractivity contribution in [2.45, 2.75) is 297 Å². The zero-order valence-electron chi connectivity index (χ0n) is 51.3. The summed E-state index contributed by atoms with van der Waals surface area (Å²) in [5, 5.41) is 0. The van der Waals surface area contributed by atoms with Crippen molar-refractivity contribution in [1.82, 2.24) is 0 Å². The minimum Gasteiger partial charge on any atom is -0.462 e. The SMILES string of the molecule is CC/C=C\C/C=C\C/C=C\C/C=C\CCCCCCCCCCCCCCCCC(=O)OCC(COC(=O)CCCCCCC/C=C\C/C=C\C/C=C\CC)OC(=O)CCCCCCCC/C=C\C/C=C\C/C=C\C/C=C\CC. The molecule has 0 saturated carbocycles. The number of esters is 3. The molecule has 448 valence electrons. The molecule has 0 amide bonds. The van der Waals surface area contributed by atoms with Crippen molar-refractivity contribution in [2.75, 3.05) is 13.2 Å². The predicted octanol–water partition coefficient (Wildman–Crippen LogP) is 22.5. The van der Waals surface area contributed by atoms with Crippen molar-refractivity contribution in [2.24, 2.45) is 0 Å². The lowest BCUT2D eigenvalue weighted by Crippen LogP contribution is -2.30. The Morgan fingerprint density at radius 2 is 0.456 bits per heavy atom. The molecule has 0 fully saturated rings. The Balaban J connectivity index is 4.35. The van der Waals surface area contributed by atoms with E-state index in [4.69, 9.17) is 14.2 Å². The summed E-state index contributed by atoms with van der Waals surface area (Å²) in [7, 11) is 0. The predicted molar refractivity (Wildman–Crippen MR) is 343 cm³/mol. The van der Waals surface area contributed by atoms with Crippen LogP contribution in [-0.4, -0.2) is 37.2 Å². The summed E-state index contributed by atoms with van der Waals surface area (Å²) in [6.45, 7) is 6.29. The number of hydrogen-bond acceptors (Lipinski definition) is 6. The first-order valence-electron chi connectivity index (χ1n) is 32.7. The second-order valence-corrected chi connectivity index (χ2v) is 21.2. The third kappa shape index (κ3) is 64.3. The number of hydrogen-bond donors (Lipinski definition) is 0. The van der Waals surface area contributed by atoms with Crippen LogP contribution < -0.4 is 0 Å². The van der Waals surface area contributed by atoms with Gasteiger partial charge in [-0.1, -0.05) is 276 Å². The van der Waals surface area contributed by atoms with Crippen molar-refractivity contribution in [3.8, 4) is 0 Å². The molecule has 0 bridgehead atoms. The average Bonchev–Trinajstić information content (AvgIpc) is 3.45. The fourth-order valence-electron chi connectivity index (χ4n) is 8.85. The smallest absolute Gasteiger partial charge is 0.306 e. The topological polar surface area (TPSA) is 78.9 Å². The fraction of sp³-hybridized carbons (Fsp3) is 0.658. The molecule has 0 spiro atoms. The molecule has 0 aliphatic rings. The van der Waals surface area contributed by atoms with Gasteiger partial charge in [-0.25, -0.2) is 0 Å². The van der Waals surface area contributed by atoms with E-state index in [2.05, 4.69) is 154 Å². The number of carbonyl (C=O) groups is 3. The normalized spacial score (nSPS) is 13.0. The van der Waals surface area contributed by atoms with Crippen LogP contribution in [0.3, 0.4) is 0 Å². The monoisotopic (exact) mass is 1090 g/mol. The van der Waals surface area contributed by atoms with E-state index >= 15 is 0 Å². The van der Waals surface area contributed by atoms with E-state index < -0.39 is 6.10 Å². The molecule has 0 aliphatic carbocycles. The maximum atomic E-state index is 12.9. The Labute approximate surface area is 487 Å². The minimum atomic E-state index is -0.799. The van der Waals surface area contributed by atoms with Crippen LogP contribution in [-0.2, 0) is 28.6 Å². The largest absolute Gasteiger partial charge is 0.462 e. The van der Waals surface area contributed by atoms with Crippen molar-refractivity contribution in [3.05, 3.63) is 134 Å². The molecule has 79 heavy (non-hydrogen) atoms. The number of carbonyl (C=O) groups excluding carboxylic acids is 3. The van der Waals surface area contributed by atoms with E-state index in [0.29, 0.717) is 19.3 Å². The van der Waals surface area contributed by atoms with E-state index in [0.717, 1.165) is 161 Å². The van der Waals surface area contributed by atoms with Crippen LogP contribution in [0.4, 0.5) is 0 Å². The molecule has 1 atom stereocenters. The first-order valence-corrected chi connectivity index (χ1v) is 32.7. The molecule has 0 aromatic carbocycles. The number of ether oxygens (including phenoxy) is 3. The molecule has 6 heteroatoms. The summed E-state index contributed by atoms with van der Waals surface area (Å²) >= 11 is 0. The van der Waals surface area contributed by atoms with E-state index in [1.165, 1.54) is 89.9 Å². The Morgan fingerprint density at radius 3 is 0.709 bits per heavy atom. The lowest BCUT2D eigenvalue weighted by atomic mass is 10.0. The van der Waals surface area contributed by atoms with Gasteiger partial charge in [0, 0.05) is 19.3 Å². The molecular formula is C73H120O6. The molecule has 0 N–H and O–H groups in total. The quantitative estimate of drug-likeness (QED) is 0.0261. The van der Waals surface area contributed by atoms with Gasteiger partial charge in [0.05, 0.1) is 0 Å². The van der Waals surface area contributed by atoms with E-state index in [1.807, 2.05) is 0 Å². The number of unbranched alkanes of at least 4 members (excludes halogenated alkanes) is 25. The van der Waals surface area contributed by atoms with Crippen molar-refractivity contribution < 1.29 is 28.6 Å². The molecule has 1 unspecified atom stereocenters. The highest BCUT2D eigenvalue weighted by molar-refractivity contribution is 5.71. The van der Waals surface area contributed by atoms with Gasteiger partial charge in [-0.3, -0.25) is 14.4 Å². The van der Waals surface area contributed by atoms with Crippen LogP contribution in [0.2, 0.25) is 0 Å².